The monoisotopic (exact) mass is 366 g/mol. The van der Waals surface area contributed by atoms with Crippen LogP contribution >= 0.6 is 11.6 Å². The van der Waals surface area contributed by atoms with E-state index in [0.29, 0.717) is 29.5 Å². The Morgan fingerprint density at radius 2 is 2.04 bits per heavy atom. The maximum Gasteiger partial charge on any atom is 0.196 e. The predicted octanol–water partition coefficient (Wildman–Crippen LogP) is 4.25. The highest BCUT2D eigenvalue weighted by Gasteiger charge is 2.18. The molecule has 0 unspecified atom stereocenters. The summed E-state index contributed by atoms with van der Waals surface area (Å²) in [5.74, 6) is 0.407. The van der Waals surface area contributed by atoms with Gasteiger partial charge < -0.3 is 10.1 Å². The lowest BCUT2D eigenvalue weighted by Gasteiger charge is -2.13. The molecule has 4 nitrogen and oxygen atoms in total. The Bertz CT molecular complexity index is 952. The molecule has 0 saturated carbocycles. The summed E-state index contributed by atoms with van der Waals surface area (Å²) in [7, 11) is 0. The maximum absolute atomic E-state index is 12.9. The summed E-state index contributed by atoms with van der Waals surface area (Å²) in [6.07, 6.45) is 3.83. The number of ketones is 1. The number of carbonyl (C=O) groups is 1. The van der Waals surface area contributed by atoms with Crippen LogP contribution in [0.4, 0.5) is 0 Å². The average molecular weight is 367 g/mol. The van der Waals surface area contributed by atoms with Gasteiger partial charge in [-0.05, 0) is 42.3 Å². The van der Waals surface area contributed by atoms with Gasteiger partial charge in [-0.2, -0.15) is 0 Å². The van der Waals surface area contributed by atoms with Crippen LogP contribution in [0.3, 0.4) is 0 Å². The van der Waals surface area contributed by atoms with Crippen LogP contribution in [0.5, 0.6) is 5.75 Å². The molecule has 0 radical (unpaired) electrons. The first-order chi connectivity index (χ1) is 12.7. The van der Waals surface area contributed by atoms with E-state index in [-0.39, 0.29) is 10.9 Å². The normalized spacial score (nSPS) is 16.7. The summed E-state index contributed by atoms with van der Waals surface area (Å²) in [5.41, 5.74) is 0.945. The van der Waals surface area contributed by atoms with Crippen molar-refractivity contribution in [3.8, 4) is 5.75 Å². The number of hydrogen-bond acceptors (Lipinski definition) is 4. The molecule has 2 aromatic carbocycles. The number of nitrogens with one attached hydrogen (secondary N) is 1. The minimum absolute atomic E-state index is 0.155. The van der Waals surface area contributed by atoms with Gasteiger partial charge in [0.2, 0.25) is 0 Å². The van der Waals surface area contributed by atoms with Crippen molar-refractivity contribution in [2.75, 3.05) is 13.2 Å². The standard InChI is InChI=1S/C21H19ClN2O2/c22-21-19(11-18(12-24-21)26-13-17-6-3-9-23-17)20(25)16-8-7-14-4-1-2-5-15(14)10-16/h1-2,4-5,7-8,10-12,17,23H,3,6,9,13H2/t17-/m1/s1. The first kappa shape index (κ1) is 17.0. The Morgan fingerprint density at radius 3 is 2.85 bits per heavy atom. The van der Waals surface area contributed by atoms with Gasteiger partial charge in [0.05, 0.1) is 11.8 Å². The summed E-state index contributed by atoms with van der Waals surface area (Å²) in [4.78, 5) is 17.1. The van der Waals surface area contributed by atoms with Crippen LogP contribution in [0, 0.1) is 0 Å². The van der Waals surface area contributed by atoms with Crippen molar-refractivity contribution in [2.45, 2.75) is 18.9 Å². The van der Waals surface area contributed by atoms with Crippen LogP contribution in [0.1, 0.15) is 28.8 Å². The molecule has 3 aromatic rings. The second-order valence-electron chi connectivity index (χ2n) is 6.50. The number of nitrogens with zero attached hydrogens (tertiary/aromatic N) is 1. The van der Waals surface area contributed by atoms with Gasteiger partial charge in [-0.15, -0.1) is 0 Å². The number of halogens is 1. The van der Waals surface area contributed by atoms with Crippen LogP contribution in [-0.2, 0) is 0 Å². The van der Waals surface area contributed by atoms with E-state index in [2.05, 4.69) is 10.3 Å². The molecular weight excluding hydrogens is 348 g/mol. The molecule has 4 rings (SSSR count). The lowest BCUT2D eigenvalue weighted by Crippen LogP contribution is -2.28. The van der Waals surface area contributed by atoms with Crippen LogP contribution in [-0.4, -0.2) is 30.0 Å². The second kappa shape index (κ2) is 7.44. The first-order valence-corrected chi connectivity index (χ1v) is 9.14. The number of ether oxygens (including phenoxy) is 1. The highest BCUT2D eigenvalue weighted by Crippen LogP contribution is 2.24. The van der Waals surface area contributed by atoms with E-state index in [9.17, 15) is 4.79 Å². The minimum atomic E-state index is -0.155. The molecule has 1 saturated heterocycles. The fraction of sp³-hybridized carbons (Fsp3) is 0.238. The maximum atomic E-state index is 12.9. The van der Waals surface area contributed by atoms with Gasteiger partial charge in [-0.3, -0.25) is 4.79 Å². The second-order valence-corrected chi connectivity index (χ2v) is 6.86. The molecule has 5 heteroatoms. The quantitative estimate of drug-likeness (QED) is 0.541. The third kappa shape index (κ3) is 3.57. The number of fused-ring (bicyclic) bond motifs is 1. The van der Waals surface area contributed by atoms with Crippen molar-refractivity contribution in [2.24, 2.45) is 0 Å². The molecule has 1 fully saturated rings. The zero-order chi connectivity index (χ0) is 17.9. The average Bonchev–Trinajstić information content (AvgIpc) is 3.20. The number of aromatic nitrogens is 1. The summed E-state index contributed by atoms with van der Waals surface area (Å²) in [6, 6.07) is 15.6. The molecule has 26 heavy (non-hydrogen) atoms. The molecule has 0 amide bonds. The summed E-state index contributed by atoms with van der Waals surface area (Å²) in [6.45, 7) is 1.59. The number of pyridine rings is 1. The van der Waals surface area contributed by atoms with Crippen molar-refractivity contribution in [1.82, 2.24) is 10.3 Å². The van der Waals surface area contributed by atoms with Crippen molar-refractivity contribution in [3.05, 3.63) is 71.0 Å². The fourth-order valence-corrected chi connectivity index (χ4v) is 3.44. The molecule has 0 spiro atoms. The molecule has 132 valence electrons. The molecule has 0 bridgehead atoms. The van der Waals surface area contributed by atoms with Crippen molar-refractivity contribution in [3.63, 3.8) is 0 Å². The van der Waals surface area contributed by atoms with Crippen molar-refractivity contribution >= 4 is 28.2 Å². The van der Waals surface area contributed by atoms with E-state index in [1.807, 2.05) is 42.5 Å². The smallest absolute Gasteiger partial charge is 0.196 e. The largest absolute Gasteiger partial charge is 0.490 e. The number of carbonyl (C=O) groups excluding carboxylic acids is 1. The Kier molecular flexibility index (Phi) is 4.87. The summed E-state index contributed by atoms with van der Waals surface area (Å²) >= 11 is 6.19. The third-order valence-corrected chi connectivity index (χ3v) is 4.99. The van der Waals surface area contributed by atoms with Crippen LogP contribution in [0.25, 0.3) is 10.8 Å². The topological polar surface area (TPSA) is 51.2 Å². The van der Waals surface area contributed by atoms with Gasteiger partial charge in [-0.25, -0.2) is 4.98 Å². The highest BCUT2D eigenvalue weighted by atomic mass is 35.5. The van der Waals surface area contributed by atoms with E-state index < -0.39 is 0 Å². The highest BCUT2D eigenvalue weighted by molar-refractivity contribution is 6.34. The van der Waals surface area contributed by atoms with E-state index in [4.69, 9.17) is 16.3 Å². The minimum Gasteiger partial charge on any atom is -0.490 e. The zero-order valence-corrected chi connectivity index (χ0v) is 15.0. The molecule has 1 aromatic heterocycles. The number of hydrogen-bond donors (Lipinski definition) is 1. The van der Waals surface area contributed by atoms with Crippen LogP contribution in [0.2, 0.25) is 5.15 Å². The van der Waals surface area contributed by atoms with Gasteiger partial charge in [-0.1, -0.05) is 48.0 Å². The Labute approximate surface area is 157 Å². The summed E-state index contributed by atoms with van der Waals surface area (Å²) < 4.78 is 5.81. The molecule has 1 N–H and O–H groups in total. The van der Waals surface area contributed by atoms with Crippen molar-refractivity contribution in [1.29, 1.82) is 0 Å². The van der Waals surface area contributed by atoms with Gasteiger partial charge in [0.25, 0.3) is 0 Å². The SMILES string of the molecule is O=C(c1ccc2ccccc2c1)c1cc(OC[C@H]2CCCN2)cnc1Cl. The van der Waals surface area contributed by atoms with E-state index in [0.717, 1.165) is 23.7 Å². The molecule has 2 heterocycles. The molecule has 0 aliphatic carbocycles. The molecule has 1 aliphatic rings. The molecular formula is C21H19ClN2O2. The fourth-order valence-electron chi connectivity index (χ4n) is 3.25. The number of benzene rings is 2. The van der Waals surface area contributed by atoms with Gasteiger partial charge in [0, 0.05) is 11.6 Å². The lowest BCUT2D eigenvalue weighted by molar-refractivity contribution is 0.103. The predicted molar refractivity (Wildman–Crippen MR) is 103 cm³/mol. The summed E-state index contributed by atoms with van der Waals surface area (Å²) in [5, 5.41) is 5.68. The van der Waals surface area contributed by atoms with E-state index >= 15 is 0 Å². The zero-order valence-electron chi connectivity index (χ0n) is 14.2. The van der Waals surface area contributed by atoms with E-state index in [1.54, 1.807) is 12.3 Å². The number of rotatable bonds is 5. The van der Waals surface area contributed by atoms with Crippen LogP contribution in [0.15, 0.2) is 54.7 Å². The van der Waals surface area contributed by atoms with Gasteiger partial charge in [0.1, 0.15) is 17.5 Å². The first-order valence-electron chi connectivity index (χ1n) is 8.76. The Morgan fingerprint density at radius 1 is 1.19 bits per heavy atom. The lowest BCUT2D eigenvalue weighted by atomic mass is 10.0. The van der Waals surface area contributed by atoms with Gasteiger partial charge >= 0.3 is 0 Å². The molecule has 1 atom stereocenters. The van der Waals surface area contributed by atoms with Crippen LogP contribution < -0.4 is 10.1 Å². The van der Waals surface area contributed by atoms with Gasteiger partial charge in [0.15, 0.2) is 5.78 Å². The Balaban J connectivity index is 1.58. The Hall–Kier alpha value is -2.43. The van der Waals surface area contributed by atoms with Crippen molar-refractivity contribution < 1.29 is 9.53 Å². The van der Waals surface area contributed by atoms with E-state index in [1.165, 1.54) is 6.42 Å². The third-order valence-electron chi connectivity index (χ3n) is 4.68. The molecule has 1 aliphatic heterocycles.